The first-order chi connectivity index (χ1) is 13.0. The predicted octanol–water partition coefficient (Wildman–Crippen LogP) is 3.88. The van der Waals surface area contributed by atoms with Gasteiger partial charge in [-0.2, -0.15) is 0 Å². The Labute approximate surface area is 158 Å². The second-order valence-corrected chi connectivity index (χ2v) is 6.88. The third kappa shape index (κ3) is 4.62. The number of carbonyl (C=O) groups excluding carboxylic acids is 1. The van der Waals surface area contributed by atoms with Crippen molar-refractivity contribution in [1.29, 1.82) is 0 Å². The molecule has 3 rings (SSSR count). The smallest absolute Gasteiger partial charge is 0.237 e. The highest BCUT2D eigenvalue weighted by Gasteiger charge is 2.19. The van der Waals surface area contributed by atoms with Gasteiger partial charge in [-0.3, -0.25) is 9.89 Å². The van der Waals surface area contributed by atoms with E-state index in [9.17, 15) is 13.6 Å². The van der Waals surface area contributed by atoms with Gasteiger partial charge in [0, 0.05) is 11.6 Å². The molecular weight excluding hydrogens is 374 g/mol. The molecule has 0 radical (unpaired) electrons. The number of halogens is 2. The van der Waals surface area contributed by atoms with Crippen molar-refractivity contribution in [3.05, 3.63) is 54.1 Å². The van der Waals surface area contributed by atoms with Gasteiger partial charge in [0.2, 0.25) is 11.1 Å². The summed E-state index contributed by atoms with van der Waals surface area (Å²) in [4.78, 5) is 16.6. The molecule has 0 saturated heterocycles. The van der Waals surface area contributed by atoms with Crippen LogP contribution in [0.4, 0.5) is 14.5 Å². The molecule has 0 aliphatic carbocycles. The Morgan fingerprint density at radius 3 is 2.63 bits per heavy atom. The van der Waals surface area contributed by atoms with Crippen LogP contribution >= 0.6 is 11.8 Å². The topological polar surface area (TPSA) is 79.9 Å². The molecule has 0 bridgehead atoms. The van der Waals surface area contributed by atoms with E-state index in [0.717, 1.165) is 29.1 Å². The minimum atomic E-state index is -0.833. The van der Waals surface area contributed by atoms with Crippen LogP contribution in [0.5, 0.6) is 5.75 Å². The Balaban J connectivity index is 1.64. The van der Waals surface area contributed by atoms with E-state index in [1.807, 2.05) is 12.1 Å². The highest BCUT2D eigenvalue weighted by Crippen LogP contribution is 2.25. The minimum Gasteiger partial charge on any atom is -0.497 e. The zero-order valence-electron chi connectivity index (χ0n) is 14.5. The molecule has 6 nitrogen and oxygen atoms in total. The molecular formula is C18H16F2N4O2S. The van der Waals surface area contributed by atoms with Gasteiger partial charge in [-0.25, -0.2) is 13.8 Å². The first-order valence-corrected chi connectivity index (χ1v) is 8.83. The molecule has 1 aromatic heterocycles. The number of hydrogen-bond donors (Lipinski definition) is 2. The van der Waals surface area contributed by atoms with Gasteiger partial charge in [0.1, 0.15) is 17.4 Å². The van der Waals surface area contributed by atoms with Gasteiger partial charge in [0.15, 0.2) is 5.82 Å². The Kier molecular flexibility index (Phi) is 5.70. The molecule has 0 fully saturated rings. The number of methoxy groups -OCH3 is 1. The summed E-state index contributed by atoms with van der Waals surface area (Å²) in [5.74, 6) is -0.704. The van der Waals surface area contributed by atoms with E-state index >= 15 is 0 Å². The molecule has 1 unspecified atom stereocenters. The van der Waals surface area contributed by atoms with Crippen LogP contribution < -0.4 is 10.1 Å². The maximum absolute atomic E-state index is 13.6. The van der Waals surface area contributed by atoms with E-state index in [1.54, 1.807) is 26.2 Å². The minimum absolute atomic E-state index is 0.0808. The molecule has 2 aromatic carbocycles. The van der Waals surface area contributed by atoms with Crippen LogP contribution in [-0.2, 0) is 4.79 Å². The highest BCUT2D eigenvalue weighted by atomic mass is 32.2. The normalized spacial score (nSPS) is 11.9. The fraction of sp³-hybridized carbons (Fsp3) is 0.167. The van der Waals surface area contributed by atoms with Crippen LogP contribution in [0.2, 0.25) is 0 Å². The molecule has 27 heavy (non-hydrogen) atoms. The number of aromatic amines is 1. The number of H-pyrrole nitrogens is 1. The Hall–Kier alpha value is -2.94. The summed E-state index contributed by atoms with van der Waals surface area (Å²) in [5, 5.41) is 9.11. The second kappa shape index (κ2) is 8.17. The molecule has 1 amide bonds. The van der Waals surface area contributed by atoms with Crippen LogP contribution in [0.1, 0.15) is 6.92 Å². The molecule has 9 heteroatoms. The monoisotopic (exact) mass is 390 g/mol. The van der Waals surface area contributed by atoms with Crippen molar-refractivity contribution in [2.75, 3.05) is 12.4 Å². The molecule has 1 heterocycles. The average molecular weight is 390 g/mol. The third-order valence-corrected chi connectivity index (χ3v) is 4.63. The summed E-state index contributed by atoms with van der Waals surface area (Å²) in [6.07, 6.45) is 0. The summed E-state index contributed by atoms with van der Waals surface area (Å²) in [6, 6.07) is 10.2. The van der Waals surface area contributed by atoms with E-state index in [4.69, 9.17) is 4.74 Å². The molecule has 0 spiro atoms. The Bertz CT molecular complexity index is 947. The van der Waals surface area contributed by atoms with Crippen molar-refractivity contribution in [3.63, 3.8) is 0 Å². The predicted molar refractivity (Wildman–Crippen MR) is 98.7 cm³/mol. The fourth-order valence-electron chi connectivity index (χ4n) is 2.21. The van der Waals surface area contributed by atoms with Gasteiger partial charge in [-0.05, 0) is 43.3 Å². The van der Waals surface area contributed by atoms with Crippen LogP contribution in [0.25, 0.3) is 11.4 Å². The lowest BCUT2D eigenvalue weighted by Crippen LogP contribution is -2.23. The molecule has 140 valence electrons. The molecule has 0 saturated carbocycles. The van der Waals surface area contributed by atoms with Crippen LogP contribution in [0, 0.1) is 11.6 Å². The van der Waals surface area contributed by atoms with Gasteiger partial charge in [0.05, 0.1) is 18.0 Å². The zero-order valence-corrected chi connectivity index (χ0v) is 15.3. The van der Waals surface area contributed by atoms with E-state index in [2.05, 4.69) is 20.5 Å². The maximum Gasteiger partial charge on any atom is 0.237 e. The van der Waals surface area contributed by atoms with Gasteiger partial charge < -0.3 is 10.1 Å². The van der Waals surface area contributed by atoms with Crippen LogP contribution in [0.3, 0.4) is 0 Å². The largest absolute Gasteiger partial charge is 0.497 e. The first-order valence-electron chi connectivity index (χ1n) is 7.95. The van der Waals surface area contributed by atoms with Crippen molar-refractivity contribution >= 4 is 23.4 Å². The number of amides is 1. The first kappa shape index (κ1) is 18.8. The lowest BCUT2D eigenvalue weighted by molar-refractivity contribution is -0.115. The number of aromatic nitrogens is 3. The number of anilines is 1. The van der Waals surface area contributed by atoms with Crippen molar-refractivity contribution in [2.45, 2.75) is 17.3 Å². The van der Waals surface area contributed by atoms with Crippen molar-refractivity contribution in [2.24, 2.45) is 0 Å². The summed E-state index contributed by atoms with van der Waals surface area (Å²) in [6.45, 7) is 1.64. The summed E-state index contributed by atoms with van der Waals surface area (Å²) in [5.41, 5.74) is 0.739. The molecule has 3 aromatic rings. The number of nitrogens with zero attached hydrogens (tertiary/aromatic N) is 2. The molecule has 2 N–H and O–H groups in total. The standard InChI is InChI=1S/C18H16F2N4O2S/c1-10(17(25)21-15-8-5-12(19)9-14(15)20)27-18-22-16(23-24-18)11-3-6-13(26-2)7-4-11/h3-10H,1-2H3,(H,21,25)(H,22,23,24). The lowest BCUT2D eigenvalue weighted by atomic mass is 10.2. The Morgan fingerprint density at radius 2 is 1.96 bits per heavy atom. The van der Waals surface area contributed by atoms with E-state index in [1.165, 1.54) is 6.07 Å². The number of carbonyl (C=O) groups is 1. The summed E-state index contributed by atoms with van der Waals surface area (Å²) in [7, 11) is 1.59. The average Bonchev–Trinajstić information content (AvgIpc) is 3.12. The van der Waals surface area contributed by atoms with Crippen molar-refractivity contribution in [3.8, 4) is 17.1 Å². The summed E-state index contributed by atoms with van der Waals surface area (Å²) < 4.78 is 31.7. The van der Waals surface area contributed by atoms with E-state index in [0.29, 0.717) is 17.0 Å². The zero-order chi connectivity index (χ0) is 19.4. The van der Waals surface area contributed by atoms with Crippen molar-refractivity contribution < 1.29 is 18.3 Å². The number of benzene rings is 2. The molecule has 0 aliphatic heterocycles. The molecule has 0 aliphatic rings. The number of thioether (sulfide) groups is 1. The van der Waals surface area contributed by atoms with Crippen LogP contribution in [0.15, 0.2) is 47.6 Å². The van der Waals surface area contributed by atoms with E-state index < -0.39 is 22.8 Å². The number of hydrogen-bond acceptors (Lipinski definition) is 5. The lowest BCUT2D eigenvalue weighted by Gasteiger charge is -2.10. The number of nitrogens with one attached hydrogen (secondary N) is 2. The van der Waals surface area contributed by atoms with Crippen molar-refractivity contribution in [1.82, 2.24) is 15.2 Å². The van der Waals surface area contributed by atoms with Gasteiger partial charge in [-0.15, -0.1) is 5.10 Å². The van der Waals surface area contributed by atoms with Gasteiger partial charge in [0.25, 0.3) is 0 Å². The number of ether oxygens (including phenoxy) is 1. The fourth-order valence-corrected chi connectivity index (χ4v) is 2.94. The Morgan fingerprint density at radius 1 is 1.22 bits per heavy atom. The maximum atomic E-state index is 13.6. The van der Waals surface area contributed by atoms with Gasteiger partial charge in [-0.1, -0.05) is 11.8 Å². The number of rotatable bonds is 6. The SMILES string of the molecule is COc1ccc(-c2nc(SC(C)C(=O)Nc3ccc(F)cc3F)n[nH]2)cc1. The third-order valence-electron chi connectivity index (χ3n) is 3.67. The summed E-state index contributed by atoms with van der Waals surface area (Å²) >= 11 is 1.12. The van der Waals surface area contributed by atoms with E-state index in [-0.39, 0.29) is 5.69 Å². The van der Waals surface area contributed by atoms with Crippen LogP contribution in [-0.4, -0.2) is 33.4 Å². The molecule has 1 atom stereocenters. The highest BCUT2D eigenvalue weighted by molar-refractivity contribution is 8.00. The van der Waals surface area contributed by atoms with Gasteiger partial charge >= 0.3 is 0 Å². The second-order valence-electron chi connectivity index (χ2n) is 5.57. The quantitative estimate of drug-likeness (QED) is 0.625.